The van der Waals surface area contributed by atoms with Crippen LogP contribution in [-0.4, -0.2) is 27.5 Å². The fraction of sp³-hybridized carbons (Fsp3) is 0.250. The molecule has 0 N–H and O–H groups in total. The van der Waals surface area contributed by atoms with E-state index in [1.54, 1.807) is 12.2 Å². The van der Waals surface area contributed by atoms with Gasteiger partial charge in [0.05, 0.1) is 17.0 Å². The molecule has 0 spiro atoms. The van der Waals surface area contributed by atoms with Crippen LogP contribution in [0.15, 0.2) is 25.3 Å². The number of imidazole rings is 1. The Kier molecular flexibility index (Phi) is 3.54. The lowest BCUT2D eigenvalue weighted by molar-refractivity contribution is 0.949. The third-order valence-corrected chi connectivity index (χ3v) is 4.78. The van der Waals surface area contributed by atoms with E-state index in [2.05, 4.69) is 35.2 Å². The minimum Gasteiger partial charge on any atom is -0.371 e. The second-order valence-electron chi connectivity index (χ2n) is 6.33. The summed E-state index contributed by atoms with van der Waals surface area (Å²) in [7, 11) is 0. The molecule has 0 radical (unpaired) electrons. The fourth-order valence-electron chi connectivity index (χ4n) is 3.66. The number of aromatic nitrogens is 3. The summed E-state index contributed by atoms with van der Waals surface area (Å²) in [6.07, 6.45) is 5.82. The average Bonchev–Trinajstić information content (AvgIpc) is 3.27. The molecule has 0 atom stereocenters. The lowest BCUT2D eigenvalue weighted by Gasteiger charge is -2.21. The van der Waals surface area contributed by atoms with Gasteiger partial charge in [0.15, 0.2) is 5.65 Å². The molecular weight excluding hydrogens is 310 g/mol. The number of pyridine rings is 2. The molecule has 124 valence electrons. The molecule has 0 amide bonds. The Labute approximate surface area is 146 Å². The molecule has 0 aromatic carbocycles. The Balaban J connectivity index is 2.20. The van der Waals surface area contributed by atoms with Crippen LogP contribution in [0.4, 0.5) is 5.69 Å². The van der Waals surface area contributed by atoms with Crippen molar-refractivity contribution >= 4 is 34.5 Å². The molecule has 0 unspecified atom stereocenters. The third-order valence-electron chi connectivity index (χ3n) is 4.78. The molecule has 0 bridgehead atoms. The second kappa shape index (κ2) is 5.75. The molecule has 4 heterocycles. The maximum absolute atomic E-state index is 9.66. The summed E-state index contributed by atoms with van der Waals surface area (Å²) in [4.78, 5) is 11.7. The van der Waals surface area contributed by atoms with Crippen LogP contribution in [-0.2, 0) is 0 Å². The van der Waals surface area contributed by atoms with Gasteiger partial charge in [-0.1, -0.05) is 13.2 Å². The SMILES string of the molecule is C=Cc1nc2c(C#N)cc3c(N4CCCC4)cc(C)nc3n2c1C=C. The van der Waals surface area contributed by atoms with E-state index in [4.69, 9.17) is 4.98 Å². The van der Waals surface area contributed by atoms with Crippen LogP contribution in [0.25, 0.3) is 28.8 Å². The van der Waals surface area contributed by atoms with Crippen molar-refractivity contribution in [3.63, 3.8) is 0 Å². The smallest absolute Gasteiger partial charge is 0.157 e. The van der Waals surface area contributed by atoms with Crippen molar-refractivity contribution in [3.05, 3.63) is 47.9 Å². The Morgan fingerprint density at radius 2 is 1.88 bits per heavy atom. The van der Waals surface area contributed by atoms with Gasteiger partial charge in [0.25, 0.3) is 0 Å². The number of hydrogen-bond donors (Lipinski definition) is 0. The van der Waals surface area contributed by atoms with E-state index in [1.807, 2.05) is 17.4 Å². The largest absolute Gasteiger partial charge is 0.371 e. The van der Waals surface area contributed by atoms with Crippen molar-refractivity contribution in [3.8, 4) is 6.07 Å². The summed E-state index contributed by atoms with van der Waals surface area (Å²) in [5.41, 5.74) is 5.57. The van der Waals surface area contributed by atoms with Gasteiger partial charge in [-0.25, -0.2) is 9.97 Å². The van der Waals surface area contributed by atoms with E-state index in [9.17, 15) is 5.26 Å². The average molecular weight is 329 g/mol. The number of anilines is 1. The molecule has 25 heavy (non-hydrogen) atoms. The van der Waals surface area contributed by atoms with E-state index in [0.29, 0.717) is 16.9 Å². The van der Waals surface area contributed by atoms with Gasteiger partial charge in [-0.15, -0.1) is 0 Å². The molecule has 0 saturated carbocycles. The van der Waals surface area contributed by atoms with E-state index in [0.717, 1.165) is 41.2 Å². The van der Waals surface area contributed by atoms with Gasteiger partial charge >= 0.3 is 0 Å². The van der Waals surface area contributed by atoms with Gasteiger partial charge in [0.2, 0.25) is 0 Å². The lowest BCUT2D eigenvalue weighted by Crippen LogP contribution is -2.18. The molecule has 5 heteroatoms. The van der Waals surface area contributed by atoms with Crippen LogP contribution in [0.5, 0.6) is 0 Å². The van der Waals surface area contributed by atoms with Gasteiger partial charge < -0.3 is 4.90 Å². The standard InChI is InChI=1S/C20H19N5/c1-4-16-17(5-2)25-19(23-16)14(12-21)11-15-18(24-8-6-7-9-24)10-13(3)22-20(15)25/h4-5,10-11H,1-2,6-9H2,3H3. The quantitative estimate of drug-likeness (QED) is 0.730. The number of nitriles is 1. The summed E-state index contributed by atoms with van der Waals surface area (Å²) >= 11 is 0. The lowest BCUT2D eigenvalue weighted by atomic mass is 10.1. The molecular formula is C20H19N5. The minimum absolute atomic E-state index is 0.537. The summed E-state index contributed by atoms with van der Waals surface area (Å²) in [6.45, 7) is 11.8. The summed E-state index contributed by atoms with van der Waals surface area (Å²) in [5, 5.41) is 10.6. The first kappa shape index (κ1) is 15.4. The van der Waals surface area contributed by atoms with Crippen LogP contribution >= 0.6 is 0 Å². The predicted octanol–water partition coefficient (Wildman–Crippen LogP) is 3.95. The number of fused-ring (bicyclic) bond motifs is 3. The molecule has 1 aliphatic rings. The highest BCUT2D eigenvalue weighted by Gasteiger charge is 2.21. The van der Waals surface area contributed by atoms with E-state index in [-0.39, 0.29) is 0 Å². The molecule has 5 nitrogen and oxygen atoms in total. The fourth-order valence-corrected chi connectivity index (χ4v) is 3.66. The Morgan fingerprint density at radius 1 is 1.12 bits per heavy atom. The Morgan fingerprint density at radius 3 is 2.52 bits per heavy atom. The summed E-state index contributed by atoms with van der Waals surface area (Å²) < 4.78 is 1.93. The highest BCUT2D eigenvalue weighted by Crippen LogP contribution is 2.33. The first-order chi connectivity index (χ1) is 12.2. The highest BCUT2D eigenvalue weighted by atomic mass is 15.2. The Bertz CT molecular complexity index is 1060. The van der Waals surface area contributed by atoms with E-state index in [1.165, 1.54) is 12.8 Å². The van der Waals surface area contributed by atoms with Crippen LogP contribution in [0.1, 0.15) is 35.5 Å². The second-order valence-corrected chi connectivity index (χ2v) is 6.33. The monoisotopic (exact) mass is 329 g/mol. The zero-order valence-electron chi connectivity index (χ0n) is 14.3. The zero-order valence-corrected chi connectivity index (χ0v) is 14.3. The highest BCUT2D eigenvalue weighted by molar-refractivity contribution is 5.94. The third kappa shape index (κ3) is 2.22. The van der Waals surface area contributed by atoms with Crippen molar-refractivity contribution in [2.24, 2.45) is 0 Å². The normalized spacial score (nSPS) is 14.2. The van der Waals surface area contributed by atoms with Crippen molar-refractivity contribution in [2.45, 2.75) is 19.8 Å². The number of hydrogen-bond acceptors (Lipinski definition) is 4. The molecule has 0 aliphatic carbocycles. The Hall–Kier alpha value is -3.13. The number of nitrogens with zero attached hydrogens (tertiary/aromatic N) is 5. The first-order valence-corrected chi connectivity index (χ1v) is 8.44. The molecule has 4 rings (SSSR count). The van der Waals surface area contributed by atoms with Crippen LogP contribution < -0.4 is 4.90 Å². The van der Waals surface area contributed by atoms with Gasteiger partial charge in [-0.3, -0.25) is 4.40 Å². The van der Waals surface area contributed by atoms with Gasteiger partial charge in [0.1, 0.15) is 11.7 Å². The number of aryl methyl sites for hydroxylation is 1. The van der Waals surface area contributed by atoms with Gasteiger partial charge in [-0.2, -0.15) is 5.26 Å². The molecule has 1 fully saturated rings. The molecule has 1 aliphatic heterocycles. The van der Waals surface area contributed by atoms with Crippen LogP contribution in [0.3, 0.4) is 0 Å². The summed E-state index contributed by atoms with van der Waals surface area (Å²) in [6, 6.07) is 6.31. The van der Waals surface area contributed by atoms with Crippen molar-refractivity contribution in [1.29, 1.82) is 5.26 Å². The topological polar surface area (TPSA) is 57.2 Å². The van der Waals surface area contributed by atoms with Gasteiger partial charge in [-0.05, 0) is 44.1 Å². The summed E-state index contributed by atoms with van der Waals surface area (Å²) in [5.74, 6) is 0. The maximum Gasteiger partial charge on any atom is 0.157 e. The minimum atomic E-state index is 0.537. The molecule has 3 aromatic rings. The van der Waals surface area contributed by atoms with Crippen LogP contribution in [0, 0.1) is 18.3 Å². The molecule has 3 aromatic heterocycles. The van der Waals surface area contributed by atoms with Crippen molar-refractivity contribution in [1.82, 2.24) is 14.4 Å². The van der Waals surface area contributed by atoms with E-state index < -0.39 is 0 Å². The van der Waals surface area contributed by atoms with Gasteiger partial charge in [0, 0.05) is 29.9 Å². The van der Waals surface area contributed by atoms with Crippen LogP contribution in [0.2, 0.25) is 0 Å². The molecule has 1 saturated heterocycles. The maximum atomic E-state index is 9.66. The van der Waals surface area contributed by atoms with Crippen molar-refractivity contribution < 1.29 is 0 Å². The zero-order chi connectivity index (χ0) is 17.6. The number of rotatable bonds is 3. The predicted molar refractivity (Wildman–Crippen MR) is 102 cm³/mol. The van der Waals surface area contributed by atoms with E-state index >= 15 is 0 Å². The first-order valence-electron chi connectivity index (χ1n) is 8.44. The van der Waals surface area contributed by atoms with Crippen molar-refractivity contribution in [2.75, 3.05) is 18.0 Å².